The van der Waals surface area contributed by atoms with E-state index in [0.29, 0.717) is 5.02 Å². The molecule has 1 aliphatic rings. The molecule has 1 saturated carbocycles. The highest BCUT2D eigenvalue weighted by molar-refractivity contribution is 6.31. The Kier molecular flexibility index (Phi) is 1.78. The molecule has 0 spiro atoms. The fourth-order valence-electron chi connectivity index (χ4n) is 1.41. The van der Waals surface area contributed by atoms with Crippen molar-refractivity contribution in [1.29, 1.82) is 5.26 Å². The molecule has 2 rings (SSSR count). The number of pyridine rings is 1. The van der Waals surface area contributed by atoms with Crippen LogP contribution in [0.15, 0.2) is 12.3 Å². The van der Waals surface area contributed by atoms with Crippen molar-refractivity contribution in [3.63, 3.8) is 0 Å². The van der Waals surface area contributed by atoms with E-state index >= 15 is 0 Å². The fourth-order valence-corrected chi connectivity index (χ4v) is 1.81. The van der Waals surface area contributed by atoms with Crippen molar-refractivity contribution in [3.05, 3.63) is 28.5 Å². The number of aromatic nitrogens is 1. The Balaban J connectivity index is 2.48. The smallest absolute Gasteiger partial charge is 0.101 e. The molecule has 13 heavy (non-hydrogen) atoms. The lowest BCUT2D eigenvalue weighted by Gasteiger charge is -2.07. The molecule has 2 nitrogen and oxygen atoms in total. The molecular formula is C10H9ClN2. The average molecular weight is 193 g/mol. The van der Waals surface area contributed by atoms with E-state index < -0.39 is 0 Å². The minimum atomic E-state index is -0.370. The predicted molar refractivity (Wildman–Crippen MR) is 50.5 cm³/mol. The summed E-state index contributed by atoms with van der Waals surface area (Å²) >= 11 is 6.02. The largest absolute Gasteiger partial charge is 0.258 e. The van der Waals surface area contributed by atoms with Gasteiger partial charge in [-0.2, -0.15) is 5.26 Å². The molecule has 1 aromatic heterocycles. The van der Waals surface area contributed by atoms with Gasteiger partial charge in [-0.05, 0) is 31.4 Å². The second-order valence-corrected chi connectivity index (χ2v) is 3.94. The molecule has 0 aliphatic heterocycles. The first kappa shape index (κ1) is 8.52. The Hall–Kier alpha value is -1.07. The molecule has 0 saturated heterocycles. The van der Waals surface area contributed by atoms with Gasteiger partial charge in [0.25, 0.3) is 0 Å². The molecule has 0 amide bonds. The van der Waals surface area contributed by atoms with Gasteiger partial charge in [0, 0.05) is 6.20 Å². The summed E-state index contributed by atoms with van der Waals surface area (Å²) in [7, 11) is 0. The standard InChI is InChI=1S/C10H9ClN2/c1-7-4-8(11)9(13-5-7)10(6-12)2-3-10/h4-5H,2-3H2,1H3. The highest BCUT2D eigenvalue weighted by atomic mass is 35.5. The third-order valence-electron chi connectivity index (χ3n) is 2.40. The van der Waals surface area contributed by atoms with Crippen molar-refractivity contribution in [1.82, 2.24) is 4.98 Å². The molecule has 0 bridgehead atoms. The molecule has 0 atom stereocenters. The van der Waals surface area contributed by atoms with E-state index in [1.165, 1.54) is 0 Å². The van der Waals surface area contributed by atoms with E-state index in [0.717, 1.165) is 24.1 Å². The van der Waals surface area contributed by atoms with Crippen molar-refractivity contribution < 1.29 is 0 Å². The summed E-state index contributed by atoms with van der Waals surface area (Å²) in [6.07, 6.45) is 3.54. The number of hydrogen-bond acceptors (Lipinski definition) is 2. The molecule has 1 heterocycles. The van der Waals surface area contributed by atoms with Crippen LogP contribution in [0.4, 0.5) is 0 Å². The first-order valence-electron chi connectivity index (χ1n) is 4.22. The highest BCUT2D eigenvalue weighted by Crippen LogP contribution is 2.48. The predicted octanol–water partition coefficient (Wildman–Crippen LogP) is 2.60. The van der Waals surface area contributed by atoms with E-state index in [2.05, 4.69) is 11.1 Å². The Labute approximate surface area is 82.2 Å². The van der Waals surface area contributed by atoms with Crippen molar-refractivity contribution in [2.24, 2.45) is 0 Å². The van der Waals surface area contributed by atoms with Crippen LogP contribution in [-0.2, 0) is 5.41 Å². The summed E-state index contributed by atoms with van der Waals surface area (Å²) in [4.78, 5) is 4.23. The summed E-state index contributed by atoms with van der Waals surface area (Å²) in [5.41, 5.74) is 1.41. The number of aryl methyl sites for hydroxylation is 1. The normalized spacial score (nSPS) is 17.9. The minimum Gasteiger partial charge on any atom is -0.258 e. The molecule has 1 fully saturated rings. The lowest BCUT2D eigenvalue weighted by molar-refractivity contribution is 0.852. The molecule has 1 aliphatic carbocycles. The van der Waals surface area contributed by atoms with Crippen LogP contribution in [0.25, 0.3) is 0 Å². The molecule has 0 unspecified atom stereocenters. The van der Waals surface area contributed by atoms with E-state index in [1.807, 2.05) is 13.0 Å². The van der Waals surface area contributed by atoms with E-state index in [1.54, 1.807) is 6.20 Å². The topological polar surface area (TPSA) is 36.7 Å². The quantitative estimate of drug-likeness (QED) is 0.686. The monoisotopic (exact) mass is 192 g/mol. The van der Waals surface area contributed by atoms with Gasteiger partial charge in [-0.3, -0.25) is 4.98 Å². The summed E-state index contributed by atoms with van der Waals surface area (Å²) in [6.45, 7) is 1.94. The van der Waals surface area contributed by atoms with Gasteiger partial charge in [0.2, 0.25) is 0 Å². The number of halogens is 1. The average Bonchev–Trinajstić information content (AvgIpc) is 2.85. The van der Waals surface area contributed by atoms with E-state index in [9.17, 15) is 0 Å². The maximum Gasteiger partial charge on any atom is 0.101 e. The first-order chi connectivity index (χ1) is 6.18. The van der Waals surface area contributed by atoms with Crippen molar-refractivity contribution in [2.45, 2.75) is 25.2 Å². The third kappa shape index (κ3) is 1.30. The van der Waals surface area contributed by atoms with Gasteiger partial charge < -0.3 is 0 Å². The Bertz CT molecular complexity index is 388. The van der Waals surface area contributed by atoms with Gasteiger partial charge in [-0.1, -0.05) is 11.6 Å². The zero-order valence-electron chi connectivity index (χ0n) is 7.34. The van der Waals surface area contributed by atoms with Crippen molar-refractivity contribution >= 4 is 11.6 Å². The third-order valence-corrected chi connectivity index (χ3v) is 2.68. The number of hydrogen-bond donors (Lipinski definition) is 0. The van der Waals surface area contributed by atoms with Gasteiger partial charge in [0.05, 0.1) is 16.8 Å². The number of nitrogens with zero attached hydrogens (tertiary/aromatic N) is 2. The lowest BCUT2D eigenvalue weighted by Crippen LogP contribution is -2.06. The molecule has 1 aromatic rings. The zero-order valence-corrected chi connectivity index (χ0v) is 8.10. The second-order valence-electron chi connectivity index (χ2n) is 3.54. The van der Waals surface area contributed by atoms with Crippen molar-refractivity contribution in [2.75, 3.05) is 0 Å². The van der Waals surface area contributed by atoms with Crippen LogP contribution >= 0.6 is 11.6 Å². The van der Waals surface area contributed by atoms with Crippen LogP contribution in [0, 0.1) is 18.3 Å². The molecule has 0 N–H and O–H groups in total. The van der Waals surface area contributed by atoms with Gasteiger partial charge in [-0.25, -0.2) is 0 Å². The SMILES string of the molecule is Cc1cnc(C2(C#N)CC2)c(Cl)c1. The van der Waals surface area contributed by atoms with Crippen molar-refractivity contribution in [3.8, 4) is 6.07 Å². The van der Waals surface area contributed by atoms with E-state index in [-0.39, 0.29) is 5.41 Å². The second kappa shape index (κ2) is 2.71. The number of rotatable bonds is 1. The summed E-state index contributed by atoms with van der Waals surface area (Å²) in [6, 6.07) is 4.14. The first-order valence-corrected chi connectivity index (χ1v) is 4.60. The van der Waals surface area contributed by atoms with Gasteiger partial charge in [0.1, 0.15) is 5.41 Å². The number of nitriles is 1. The van der Waals surface area contributed by atoms with Crippen LogP contribution in [0.2, 0.25) is 5.02 Å². The maximum absolute atomic E-state index is 8.96. The van der Waals surface area contributed by atoms with Gasteiger partial charge in [-0.15, -0.1) is 0 Å². The van der Waals surface area contributed by atoms with Crippen LogP contribution in [-0.4, -0.2) is 4.98 Å². The Morgan fingerprint density at radius 1 is 1.62 bits per heavy atom. The molecule has 66 valence electrons. The van der Waals surface area contributed by atoms with E-state index in [4.69, 9.17) is 16.9 Å². The summed E-state index contributed by atoms with van der Waals surface area (Å²) in [5.74, 6) is 0. The summed E-state index contributed by atoms with van der Waals surface area (Å²) in [5, 5.41) is 9.58. The van der Waals surface area contributed by atoms with Crippen LogP contribution < -0.4 is 0 Å². The molecule has 0 aromatic carbocycles. The molecule has 3 heteroatoms. The minimum absolute atomic E-state index is 0.370. The molecular weight excluding hydrogens is 184 g/mol. The zero-order chi connectivity index (χ0) is 9.47. The highest BCUT2D eigenvalue weighted by Gasteiger charge is 2.47. The Morgan fingerprint density at radius 3 is 2.77 bits per heavy atom. The Morgan fingerprint density at radius 2 is 2.31 bits per heavy atom. The lowest BCUT2D eigenvalue weighted by atomic mass is 10.0. The fraction of sp³-hybridized carbons (Fsp3) is 0.400. The van der Waals surface area contributed by atoms with Crippen LogP contribution in [0.1, 0.15) is 24.1 Å². The summed E-state index contributed by atoms with van der Waals surface area (Å²) < 4.78 is 0. The van der Waals surface area contributed by atoms with Gasteiger partial charge in [0.15, 0.2) is 0 Å². The maximum atomic E-state index is 8.96. The van der Waals surface area contributed by atoms with Crippen LogP contribution in [0.5, 0.6) is 0 Å². The van der Waals surface area contributed by atoms with Crippen LogP contribution in [0.3, 0.4) is 0 Å². The van der Waals surface area contributed by atoms with Gasteiger partial charge >= 0.3 is 0 Å². The molecule has 0 radical (unpaired) electrons.